The van der Waals surface area contributed by atoms with Crippen LogP contribution in [0.5, 0.6) is 0 Å². The Hall–Kier alpha value is -2.08. The zero-order chi connectivity index (χ0) is 15.9. The number of aryl methyl sites for hydroxylation is 1. The Labute approximate surface area is 134 Å². The molecule has 1 aromatic heterocycles. The van der Waals surface area contributed by atoms with Crippen LogP contribution in [-0.4, -0.2) is 26.9 Å². The van der Waals surface area contributed by atoms with Crippen molar-refractivity contribution >= 4 is 17.7 Å². The largest absolute Gasteiger partial charge is 0.349 e. The van der Waals surface area contributed by atoms with E-state index in [0.717, 1.165) is 22.2 Å². The molecule has 116 valence electrons. The van der Waals surface area contributed by atoms with Crippen LogP contribution in [0, 0.1) is 6.92 Å². The van der Waals surface area contributed by atoms with Crippen molar-refractivity contribution in [1.82, 2.24) is 20.1 Å². The van der Waals surface area contributed by atoms with Gasteiger partial charge >= 0.3 is 0 Å². The molecule has 0 atom stereocenters. The van der Waals surface area contributed by atoms with E-state index in [1.54, 1.807) is 6.08 Å². The summed E-state index contributed by atoms with van der Waals surface area (Å²) >= 11 is 1.53. The van der Waals surface area contributed by atoms with Crippen LogP contribution in [0.4, 0.5) is 0 Å². The predicted octanol–water partition coefficient (Wildman–Crippen LogP) is 2.88. The molecule has 0 spiro atoms. The number of benzene rings is 1. The van der Waals surface area contributed by atoms with Crippen molar-refractivity contribution in [1.29, 1.82) is 0 Å². The zero-order valence-electron chi connectivity index (χ0n) is 12.9. The molecule has 0 aliphatic carbocycles. The fourth-order valence-corrected chi connectivity index (χ4v) is 2.61. The second-order valence-corrected chi connectivity index (χ2v) is 5.60. The van der Waals surface area contributed by atoms with Gasteiger partial charge in [-0.25, -0.2) is 0 Å². The van der Waals surface area contributed by atoms with Gasteiger partial charge < -0.3 is 5.32 Å². The number of carbonyl (C=O) groups excluding carboxylic acids is 1. The topological polar surface area (TPSA) is 59.8 Å². The van der Waals surface area contributed by atoms with Gasteiger partial charge in [0.2, 0.25) is 5.91 Å². The number of thioether (sulfide) groups is 1. The van der Waals surface area contributed by atoms with Crippen molar-refractivity contribution in [2.24, 2.45) is 0 Å². The first-order chi connectivity index (χ1) is 10.7. The van der Waals surface area contributed by atoms with Crippen molar-refractivity contribution in [2.75, 3.05) is 6.26 Å². The minimum absolute atomic E-state index is 0.00932. The summed E-state index contributed by atoms with van der Waals surface area (Å²) < 4.78 is 1.99. The molecule has 2 aromatic rings. The Balaban J connectivity index is 2.23. The molecule has 0 aliphatic rings. The summed E-state index contributed by atoms with van der Waals surface area (Å²) in [6.45, 7) is 6.03. The highest BCUT2D eigenvalue weighted by atomic mass is 32.2. The van der Waals surface area contributed by atoms with Gasteiger partial charge in [0.1, 0.15) is 0 Å². The minimum Gasteiger partial charge on any atom is -0.349 e. The average molecular weight is 316 g/mol. The van der Waals surface area contributed by atoms with Gasteiger partial charge in [-0.2, -0.15) is 0 Å². The van der Waals surface area contributed by atoms with Crippen molar-refractivity contribution in [3.63, 3.8) is 0 Å². The standard InChI is InChI=1S/C16H20N4OS/c1-4-5-10-15(21)17-11-14-18-19-16(22-3)20(14)13-9-7-6-8-12(13)2/h4,6-9H,1,5,10-11H2,2-3H3,(H,17,21). The monoisotopic (exact) mass is 316 g/mol. The Kier molecular flexibility index (Phi) is 5.77. The molecule has 2 rings (SSSR count). The van der Waals surface area contributed by atoms with E-state index in [0.29, 0.717) is 19.4 Å². The second kappa shape index (κ2) is 7.79. The molecule has 22 heavy (non-hydrogen) atoms. The third-order valence-electron chi connectivity index (χ3n) is 3.26. The Morgan fingerprint density at radius 3 is 2.86 bits per heavy atom. The zero-order valence-corrected chi connectivity index (χ0v) is 13.7. The smallest absolute Gasteiger partial charge is 0.220 e. The van der Waals surface area contributed by atoms with Crippen LogP contribution < -0.4 is 5.32 Å². The molecule has 1 N–H and O–H groups in total. The average Bonchev–Trinajstić information content (AvgIpc) is 2.94. The SMILES string of the molecule is C=CCCC(=O)NCc1nnc(SC)n1-c1ccccc1C. The molecular weight excluding hydrogens is 296 g/mol. The van der Waals surface area contributed by atoms with E-state index >= 15 is 0 Å². The van der Waals surface area contributed by atoms with Crippen molar-refractivity contribution < 1.29 is 4.79 Å². The van der Waals surface area contributed by atoms with Gasteiger partial charge in [0, 0.05) is 6.42 Å². The molecule has 0 bridgehead atoms. The van der Waals surface area contributed by atoms with Gasteiger partial charge in [-0.1, -0.05) is 36.0 Å². The third-order valence-corrected chi connectivity index (χ3v) is 3.89. The molecule has 1 aromatic carbocycles. The molecule has 6 heteroatoms. The van der Waals surface area contributed by atoms with Crippen LogP contribution in [0.1, 0.15) is 24.2 Å². The number of aromatic nitrogens is 3. The lowest BCUT2D eigenvalue weighted by Crippen LogP contribution is -2.24. The van der Waals surface area contributed by atoms with E-state index in [4.69, 9.17) is 0 Å². The van der Waals surface area contributed by atoms with Gasteiger partial charge in [-0.3, -0.25) is 9.36 Å². The predicted molar refractivity (Wildman–Crippen MR) is 89.2 cm³/mol. The van der Waals surface area contributed by atoms with Crippen molar-refractivity contribution in [3.8, 4) is 5.69 Å². The number of hydrogen-bond acceptors (Lipinski definition) is 4. The highest BCUT2D eigenvalue weighted by Gasteiger charge is 2.15. The Morgan fingerprint density at radius 2 is 2.18 bits per heavy atom. The lowest BCUT2D eigenvalue weighted by atomic mass is 10.2. The molecular formula is C16H20N4OS. The summed E-state index contributed by atoms with van der Waals surface area (Å²) in [7, 11) is 0. The van der Waals surface area contributed by atoms with E-state index in [1.807, 2.05) is 42.0 Å². The molecule has 0 aliphatic heterocycles. The fourth-order valence-electron chi connectivity index (χ4n) is 2.10. The van der Waals surface area contributed by atoms with Gasteiger partial charge in [0.15, 0.2) is 11.0 Å². The third kappa shape index (κ3) is 3.76. The van der Waals surface area contributed by atoms with Crippen LogP contribution in [0.2, 0.25) is 0 Å². The maximum atomic E-state index is 11.7. The van der Waals surface area contributed by atoms with Crippen molar-refractivity contribution in [3.05, 3.63) is 48.3 Å². The summed E-state index contributed by atoms with van der Waals surface area (Å²) in [5.74, 6) is 0.718. The molecule has 0 radical (unpaired) electrons. The molecule has 1 amide bonds. The van der Waals surface area contributed by atoms with E-state index in [9.17, 15) is 4.79 Å². The number of para-hydroxylation sites is 1. The van der Waals surface area contributed by atoms with Crippen LogP contribution >= 0.6 is 11.8 Å². The number of nitrogens with one attached hydrogen (secondary N) is 1. The lowest BCUT2D eigenvalue weighted by Gasteiger charge is -2.12. The van der Waals surface area contributed by atoms with Crippen LogP contribution in [-0.2, 0) is 11.3 Å². The molecule has 0 saturated heterocycles. The summed E-state index contributed by atoms with van der Waals surface area (Å²) in [6.07, 6.45) is 4.82. The molecule has 5 nitrogen and oxygen atoms in total. The fraction of sp³-hybridized carbons (Fsp3) is 0.312. The maximum Gasteiger partial charge on any atom is 0.220 e. The van der Waals surface area contributed by atoms with E-state index in [-0.39, 0.29) is 5.91 Å². The number of hydrogen-bond donors (Lipinski definition) is 1. The summed E-state index contributed by atoms with van der Waals surface area (Å²) in [4.78, 5) is 11.7. The van der Waals surface area contributed by atoms with Crippen LogP contribution in [0.25, 0.3) is 5.69 Å². The number of allylic oxidation sites excluding steroid dienone is 1. The molecule has 0 fully saturated rings. The first kappa shape index (κ1) is 16.3. The van der Waals surface area contributed by atoms with Crippen LogP contribution in [0.3, 0.4) is 0 Å². The van der Waals surface area contributed by atoms with Crippen LogP contribution in [0.15, 0.2) is 42.1 Å². The van der Waals surface area contributed by atoms with E-state index in [2.05, 4.69) is 22.1 Å². The van der Waals surface area contributed by atoms with Gasteiger partial charge in [-0.05, 0) is 31.2 Å². The van der Waals surface area contributed by atoms with Crippen molar-refractivity contribution in [2.45, 2.75) is 31.5 Å². The lowest BCUT2D eigenvalue weighted by molar-refractivity contribution is -0.121. The second-order valence-electron chi connectivity index (χ2n) is 4.83. The minimum atomic E-state index is -0.00932. The number of rotatable bonds is 7. The Bertz CT molecular complexity index is 666. The summed E-state index contributed by atoms with van der Waals surface area (Å²) in [6, 6.07) is 8.06. The maximum absolute atomic E-state index is 11.7. The molecule has 1 heterocycles. The number of amides is 1. The first-order valence-corrected chi connectivity index (χ1v) is 8.31. The first-order valence-electron chi connectivity index (χ1n) is 7.09. The van der Waals surface area contributed by atoms with E-state index in [1.165, 1.54) is 11.8 Å². The van der Waals surface area contributed by atoms with E-state index < -0.39 is 0 Å². The molecule has 0 saturated carbocycles. The summed E-state index contributed by atoms with van der Waals surface area (Å²) in [5, 5.41) is 12.1. The Morgan fingerprint density at radius 1 is 1.41 bits per heavy atom. The number of nitrogens with zero attached hydrogens (tertiary/aromatic N) is 3. The van der Waals surface area contributed by atoms with Gasteiger partial charge in [-0.15, -0.1) is 16.8 Å². The number of carbonyl (C=O) groups is 1. The van der Waals surface area contributed by atoms with Gasteiger partial charge in [0.25, 0.3) is 0 Å². The summed E-state index contributed by atoms with van der Waals surface area (Å²) in [5.41, 5.74) is 2.17. The normalized spacial score (nSPS) is 10.5. The highest BCUT2D eigenvalue weighted by molar-refractivity contribution is 7.98. The highest BCUT2D eigenvalue weighted by Crippen LogP contribution is 2.22. The molecule has 0 unspecified atom stereocenters. The van der Waals surface area contributed by atoms with Gasteiger partial charge in [0.05, 0.1) is 12.2 Å². The quantitative estimate of drug-likeness (QED) is 0.630.